The first-order valence-corrected chi connectivity index (χ1v) is 5.22. The van der Waals surface area contributed by atoms with Crippen molar-refractivity contribution in [3.63, 3.8) is 0 Å². The Labute approximate surface area is 104 Å². The fraction of sp³-hybridized carbons (Fsp3) is 0.167. The first-order chi connectivity index (χ1) is 8.81. The molecule has 0 fully saturated rings. The summed E-state index contributed by atoms with van der Waals surface area (Å²) in [6.45, 7) is 0. The van der Waals surface area contributed by atoms with Crippen LogP contribution in [-0.2, 0) is 0 Å². The van der Waals surface area contributed by atoms with Gasteiger partial charge in [0.2, 0.25) is 11.8 Å². The molecule has 0 amide bonds. The second-order valence-electron chi connectivity index (χ2n) is 3.31. The number of hydrogen-bond acceptors (Lipinski definition) is 6. The number of aromatic nitrogens is 3. The third kappa shape index (κ3) is 3.00. The van der Waals surface area contributed by atoms with Crippen molar-refractivity contribution >= 4 is 12.0 Å². The highest BCUT2D eigenvalue weighted by Gasteiger charge is 1.96. The molecule has 2 aromatic rings. The van der Waals surface area contributed by atoms with Crippen molar-refractivity contribution < 1.29 is 9.47 Å². The van der Waals surface area contributed by atoms with Crippen LogP contribution in [0.15, 0.2) is 35.7 Å². The van der Waals surface area contributed by atoms with Crippen molar-refractivity contribution in [2.24, 2.45) is 4.99 Å². The molecular formula is C12H12N4O2. The lowest BCUT2D eigenvalue weighted by atomic mass is 10.3. The van der Waals surface area contributed by atoms with E-state index in [2.05, 4.69) is 19.9 Å². The van der Waals surface area contributed by atoms with Crippen LogP contribution >= 0.6 is 0 Å². The van der Waals surface area contributed by atoms with Gasteiger partial charge in [0.1, 0.15) is 0 Å². The van der Waals surface area contributed by atoms with Crippen LogP contribution in [0.4, 0.5) is 5.82 Å². The van der Waals surface area contributed by atoms with Crippen LogP contribution < -0.4 is 9.47 Å². The Morgan fingerprint density at radius 3 is 2.56 bits per heavy atom. The van der Waals surface area contributed by atoms with Crippen LogP contribution in [0.25, 0.3) is 0 Å². The standard InChI is InChI=1S/C12H12N4O2/c1-17-11-4-3-9(6-15-11)5-14-10-7-13-8-12(16-10)18-2/h3-8H,1-2H3/b14-5-. The van der Waals surface area contributed by atoms with E-state index in [0.29, 0.717) is 17.6 Å². The molecule has 2 aromatic heterocycles. The molecule has 6 heteroatoms. The van der Waals surface area contributed by atoms with E-state index in [1.165, 1.54) is 13.3 Å². The van der Waals surface area contributed by atoms with Gasteiger partial charge in [-0.1, -0.05) is 0 Å². The molecule has 2 rings (SSSR count). The van der Waals surface area contributed by atoms with E-state index in [1.807, 2.05) is 6.07 Å². The van der Waals surface area contributed by atoms with Gasteiger partial charge >= 0.3 is 0 Å². The van der Waals surface area contributed by atoms with Crippen molar-refractivity contribution in [2.75, 3.05) is 14.2 Å². The van der Waals surface area contributed by atoms with Gasteiger partial charge in [-0.2, -0.15) is 4.98 Å². The normalized spacial score (nSPS) is 10.6. The van der Waals surface area contributed by atoms with Gasteiger partial charge < -0.3 is 9.47 Å². The summed E-state index contributed by atoms with van der Waals surface area (Å²) in [7, 11) is 3.10. The van der Waals surface area contributed by atoms with E-state index in [0.717, 1.165) is 5.56 Å². The van der Waals surface area contributed by atoms with Gasteiger partial charge in [0.15, 0.2) is 5.82 Å². The smallest absolute Gasteiger partial charge is 0.234 e. The quantitative estimate of drug-likeness (QED) is 0.765. The fourth-order valence-corrected chi connectivity index (χ4v) is 1.23. The van der Waals surface area contributed by atoms with E-state index >= 15 is 0 Å². The summed E-state index contributed by atoms with van der Waals surface area (Å²) in [5.41, 5.74) is 0.848. The number of nitrogens with zero attached hydrogens (tertiary/aromatic N) is 4. The molecule has 0 bridgehead atoms. The minimum absolute atomic E-state index is 0.428. The summed E-state index contributed by atoms with van der Waals surface area (Å²) < 4.78 is 9.93. The Bertz CT molecular complexity index is 540. The molecule has 0 N–H and O–H groups in total. The predicted molar refractivity (Wildman–Crippen MR) is 66.6 cm³/mol. The summed E-state index contributed by atoms with van der Waals surface area (Å²) in [6.07, 6.45) is 6.38. The number of aliphatic imine (C=N–C) groups is 1. The highest BCUT2D eigenvalue weighted by Crippen LogP contribution is 2.11. The average molecular weight is 244 g/mol. The lowest BCUT2D eigenvalue weighted by molar-refractivity contribution is 0.396. The van der Waals surface area contributed by atoms with Crippen LogP contribution in [0, 0.1) is 0 Å². The fourth-order valence-electron chi connectivity index (χ4n) is 1.23. The van der Waals surface area contributed by atoms with E-state index in [1.54, 1.807) is 31.8 Å². The number of ether oxygens (including phenoxy) is 2. The third-order valence-corrected chi connectivity index (χ3v) is 2.12. The number of rotatable bonds is 4. The second-order valence-corrected chi connectivity index (χ2v) is 3.31. The van der Waals surface area contributed by atoms with Gasteiger partial charge in [0.25, 0.3) is 0 Å². The molecule has 0 aliphatic heterocycles. The lowest BCUT2D eigenvalue weighted by Crippen LogP contribution is -1.90. The first kappa shape index (κ1) is 12.0. The molecule has 0 saturated carbocycles. The molecule has 0 spiro atoms. The zero-order valence-electron chi connectivity index (χ0n) is 10.1. The van der Waals surface area contributed by atoms with Crippen LogP contribution in [0.2, 0.25) is 0 Å². The molecule has 0 aromatic carbocycles. The molecule has 18 heavy (non-hydrogen) atoms. The summed E-state index contributed by atoms with van der Waals surface area (Å²) in [5.74, 6) is 1.47. The second kappa shape index (κ2) is 5.72. The Morgan fingerprint density at radius 1 is 1.06 bits per heavy atom. The van der Waals surface area contributed by atoms with Gasteiger partial charge in [-0.3, -0.25) is 4.98 Å². The average Bonchev–Trinajstić information content (AvgIpc) is 2.46. The molecular weight excluding hydrogens is 232 g/mol. The maximum Gasteiger partial charge on any atom is 0.234 e. The Morgan fingerprint density at radius 2 is 1.89 bits per heavy atom. The minimum atomic E-state index is 0.428. The molecule has 0 aliphatic carbocycles. The van der Waals surface area contributed by atoms with E-state index < -0.39 is 0 Å². The van der Waals surface area contributed by atoms with Crippen LogP contribution in [-0.4, -0.2) is 35.4 Å². The monoisotopic (exact) mass is 244 g/mol. The van der Waals surface area contributed by atoms with Crippen molar-refractivity contribution in [1.29, 1.82) is 0 Å². The molecule has 2 heterocycles. The molecule has 0 aliphatic rings. The third-order valence-electron chi connectivity index (χ3n) is 2.12. The molecule has 92 valence electrons. The van der Waals surface area contributed by atoms with Crippen molar-refractivity contribution in [1.82, 2.24) is 15.0 Å². The Hall–Kier alpha value is -2.50. The largest absolute Gasteiger partial charge is 0.481 e. The van der Waals surface area contributed by atoms with Gasteiger partial charge in [0.05, 0.1) is 26.6 Å². The van der Waals surface area contributed by atoms with Crippen LogP contribution in [0.1, 0.15) is 5.56 Å². The molecule has 0 saturated heterocycles. The molecule has 0 unspecified atom stereocenters. The highest BCUT2D eigenvalue weighted by atomic mass is 16.5. The summed E-state index contributed by atoms with van der Waals surface area (Å²) in [4.78, 5) is 16.3. The van der Waals surface area contributed by atoms with Gasteiger partial charge in [-0.05, 0) is 6.07 Å². The molecule has 6 nitrogen and oxygen atoms in total. The van der Waals surface area contributed by atoms with E-state index in [4.69, 9.17) is 9.47 Å². The predicted octanol–water partition coefficient (Wildman–Crippen LogP) is 1.64. The van der Waals surface area contributed by atoms with Gasteiger partial charge in [0, 0.05) is 24.0 Å². The van der Waals surface area contributed by atoms with Crippen molar-refractivity contribution in [3.05, 3.63) is 36.3 Å². The van der Waals surface area contributed by atoms with Gasteiger partial charge in [-0.15, -0.1) is 0 Å². The maximum absolute atomic E-state index is 4.97. The number of hydrogen-bond donors (Lipinski definition) is 0. The molecule has 0 radical (unpaired) electrons. The van der Waals surface area contributed by atoms with Crippen molar-refractivity contribution in [2.45, 2.75) is 0 Å². The Kier molecular flexibility index (Phi) is 3.80. The van der Waals surface area contributed by atoms with Crippen molar-refractivity contribution in [3.8, 4) is 11.8 Å². The summed E-state index contributed by atoms with van der Waals surface area (Å²) >= 11 is 0. The minimum Gasteiger partial charge on any atom is -0.481 e. The summed E-state index contributed by atoms with van der Waals surface area (Å²) in [6, 6.07) is 3.61. The summed E-state index contributed by atoms with van der Waals surface area (Å²) in [5, 5.41) is 0. The maximum atomic E-state index is 4.97. The Balaban J connectivity index is 2.13. The topological polar surface area (TPSA) is 69.5 Å². The number of pyridine rings is 1. The van der Waals surface area contributed by atoms with Crippen LogP contribution in [0.5, 0.6) is 11.8 Å². The molecule has 0 atom stereocenters. The zero-order chi connectivity index (χ0) is 12.8. The van der Waals surface area contributed by atoms with Gasteiger partial charge in [-0.25, -0.2) is 9.98 Å². The first-order valence-electron chi connectivity index (χ1n) is 5.22. The highest BCUT2D eigenvalue weighted by molar-refractivity contribution is 5.81. The van der Waals surface area contributed by atoms with E-state index in [9.17, 15) is 0 Å². The van der Waals surface area contributed by atoms with E-state index in [-0.39, 0.29) is 0 Å². The SMILES string of the molecule is COc1ccc(/C=N\c2cncc(OC)n2)cn1. The number of methoxy groups -OCH3 is 2. The lowest BCUT2D eigenvalue weighted by Gasteiger charge is -1.99. The van der Waals surface area contributed by atoms with Crippen LogP contribution in [0.3, 0.4) is 0 Å². The zero-order valence-corrected chi connectivity index (χ0v) is 10.1.